The van der Waals surface area contributed by atoms with Crippen molar-refractivity contribution in [3.8, 4) is 0 Å². The molecule has 2 amide bonds. The second-order valence-electron chi connectivity index (χ2n) is 6.28. The molecule has 0 aliphatic carbocycles. The smallest absolute Gasteiger partial charge is 0.255 e. The number of amides is 2. The van der Waals surface area contributed by atoms with Gasteiger partial charge in [-0.2, -0.15) is 0 Å². The minimum Gasteiger partial charge on any atom is -0.342 e. The molecule has 3 rings (SSSR count). The van der Waals surface area contributed by atoms with Gasteiger partial charge in [0.25, 0.3) is 5.91 Å². The Kier molecular flexibility index (Phi) is 4.41. The summed E-state index contributed by atoms with van der Waals surface area (Å²) in [6.07, 6.45) is 5.96. The molecule has 0 saturated carbocycles. The van der Waals surface area contributed by atoms with Crippen LogP contribution in [0.5, 0.6) is 0 Å². The zero-order valence-electron chi connectivity index (χ0n) is 13.1. The van der Waals surface area contributed by atoms with Crippen LogP contribution >= 0.6 is 0 Å². The number of carbonyl (C=O) groups is 2. The van der Waals surface area contributed by atoms with Crippen LogP contribution in [0.3, 0.4) is 0 Å². The van der Waals surface area contributed by atoms with Crippen LogP contribution in [0.2, 0.25) is 0 Å². The molecule has 3 heterocycles. The summed E-state index contributed by atoms with van der Waals surface area (Å²) in [7, 11) is 0. The molecule has 2 aliphatic heterocycles. The third-order valence-electron chi connectivity index (χ3n) is 4.71. The number of aromatic nitrogens is 1. The minimum atomic E-state index is 0.0885. The minimum absolute atomic E-state index is 0.0885. The zero-order chi connectivity index (χ0) is 15.5. The molecular weight excluding hydrogens is 278 g/mol. The van der Waals surface area contributed by atoms with Crippen molar-refractivity contribution < 1.29 is 9.59 Å². The molecule has 0 radical (unpaired) electrons. The van der Waals surface area contributed by atoms with Gasteiger partial charge in [0, 0.05) is 50.9 Å². The summed E-state index contributed by atoms with van der Waals surface area (Å²) in [5, 5.41) is 0. The van der Waals surface area contributed by atoms with Gasteiger partial charge in [0.15, 0.2) is 0 Å². The summed E-state index contributed by atoms with van der Waals surface area (Å²) in [4.78, 5) is 32.1. The SMILES string of the molecule is CC(=O)N1CCC[C@H](c2ccc(C(=O)N3CCCC3)cn2)C1. The van der Waals surface area contributed by atoms with E-state index in [-0.39, 0.29) is 17.7 Å². The Labute approximate surface area is 131 Å². The van der Waals surface area contributed by atoms with E-state index in [1.807, 2.05) is 21.9 Å². The van der Waals surface area contributed by atoms with E-state index >= 15 is 0 Å². The number of likely N-dealkylation sites (tertiary alicyclic amines) is 2. The molecule has 5 heteroatoms. The molecule has 0 spiro atoms. The van der Waals surface area contributed by atoms with Gasteiger partial charge >= 0.3 is 0 Å². The molecule has 0 unspecified atom stereocenters. The molecule has 0 bridgehead atoms. The summed E-state index contributed by atoms with van der Waals surface area (Å²) < 4.78 is 0. The molecule has 1 aromatic rings. The van der Waals surface area contributed by atoms with E-state index in [4.69, 9.17) is 0 Å². The lowest BCUT2D eigenvalue weighted by atomic mass is 9.94. The lowest BCUT2D eigenvalue weighted by Crippen LogP contribution is -2.37. The van der Waals surface area contributed by atoms with Crippen LogP contribution in [0.25, 0.3) is 0 Å². The van der Waals surface area contributed by atoms with Crippen molar-refractivity contribution in [2.24, 2.45) is 0 Å². The van der Waals surface area contributed by atoms with E-state index in [9.17, 15) is 9.59 Å². The fraction of sp³-hybridized carbons (Fsp3) is 0.588. The number of rotatable bonds is 2. The Morgan fingerprint density at radius 2 is 1.82 bits per heavy atom. The normalized spacial score (nSPS) is 22.0. The number of piperidine rings is 1. The van der Waals surface area contributed by atoms with Crippen LogP contribution in [-0.4, -0.2) is 52.8 Å². The molecule has 1 aromatic heterocycles. The topological polar surface area (TPSA) is 53.5 Å². The molecule has 22 heavy (non-hydrogen) atoms. The van der Waals surface area contributed by atoms with Crippen molar-refractivity contribution in [2.45, 2.75) is 38.5 Å². The Balaban J connectivity index is 1.68. The van der Waals surface area contributed by atoms with Crippen molar-refractivity contribution in [1.82, 2.24) is 14.8 Å². The zero-order valence-corrected chi connectivity index (χ0v) is 13.1. The lowest BCUT2D eigenvalue weighted by molar-refractivity contribution is -0.130. The Hall–Kier alpha value is -1.91. The average molecular weight is 301 g/mol. The number of pyridine rings is 1. The standard InChI is InChI=1S/C17H23N3O2/c1-13(21)20-10-4-5-15(12-20)16-7-6-14(11-18-16)17(22)19-8-2-3-9-19/h6-7,11,15H,2-5,8-10,12H2,1H3/t15-/m0/s1. The molecule has 2 aliphatic rings. The summed E-state index contributed by atoms with van der Waals surface area (Å²) in [5.41, 5.74) is 1.66. The van der Waals surface area contributed by atoms with Crippen LogP contribution in [0.4, 0.5) is 0 Å². The first-order valence-electron chi connectivity index (χ1n) is 8.16. The monoisotopic (exact) mass is 301 g/mol. The van der Waals surface area contributed by atoms with Gasteiger partial charge in [-0.15, -0.1) is 0 Å². The van der Waals surface area contributed by atoms with Gasteiger partial charge in [0.1, 0.15) is 0 Å². The first kappa shape index (κ1) is 15.0. The second-order valence-corrected chi connectivity index (χ2v) is 6.28. The highest BCUT2D eigenvalue weighted by molar-refractivity contribution is 5.94. The third-order valence-corrected chi connectivity index (χ3v) is 4.71. The molecule has 0 N–H and O–H groups in total. The van der Waals surface area contributed by atoms with E-state index in [0.29, 0.717) is 5.56 Å². The van der Waals surface area contributed by atoms with Gasteiger partial charge < -0.3 is 9.80 Å². The maximum absolute atomic E-state index is 12.3. The van der Waals surface area contributed by atoms with Crippen LogP contribution in [-0.2, 0) is 4.79 Å². The van der Waals surface area contributed by atoms with Gasteiger partial charge in [-0.05, 0) is 37.8 Å². The second kappa shape index (κ2) is 6.46. The number of nitrogens with zero attached hydrogens (tertiary/aromatic N) is 3. The van der Waals surface area contributed by atoms with Crippen molar-refractivity contribution in [3.05, 3.63) is 29.6 Å². The predicted molar refractivity (Wildman–Crippen MR) is 83.6 cm³/mol. The van der Waals surface area contributed by atoms with Crippen molar-refractivity contribution >= 4 is 11.8 Å². The summed E-state index contributed by atoms with van der Waals surface area (Å²) in [6, 6.07) is 3.84. The van der Waals surface area contributed by atoms with Gasteiger partial charge in [0.2, 0.25) is 5.91 Å². The third kappa shape index (κ3) is 3.13. The highest BCUT2D eigenvalue weighted by atomic mass is 16.2. The Morgan fingerprint density at radius 3 is 2.45 bits per heavy atom. The van der Waals surface area contributed by atoms with E-state index < -0.39 is 0 Å². The van der Waals surface area contributed by atoms with E-state index in [2.05, 4.69) is 4.98 Å². The Bertz CT molecular complexity index is 550. The molecule has 118 valence electrons. The fourth-order valence-electron chi connectivity index (χ4n) is 3.38. The molecule has 5 nitrogen and oxygen atoms in total. The lowest BCUT2D eigenvalue weighted by Gasteiger charge is -2.31. The largest absolute Gasteiger partial charge is 0.342 e. The summed E-state index contributed by atoms with van der Waals surface area (Å²) >= 11 is 0. The van der Waals surface area contributed by atoms with Crippen molar-refractivity contribution in [3.63, 3.8) is 0 Å². The quantitative estimate of drug-likeness (QED) is 0.840. The van der Waals surface area contributed by atoms with Gasteiger partial charge in [-0.25, -0.2) is 0 Å². The van der Waals surface area contributed by atoms with Crippen LogP contribution < -0.4 is 0 Å². The van der Waals surface area contributed by atoms with Crippen molar-refractivity contribution in [1.29, 1.82) is 0 Å². The first-order chi connectivity index (χ1) is 10.6. The number of hydrogen-bond acceptors (Lipinski definition) is 3. The predicted octanol–water partition coefficient (Wildman–Crippen LogP) is 2.04. The van der Waals surface area contributed by atoms with Gasteiger partial charge in [-0.3, -0.25) is 14.6 Å². The highest BCUT2D eigenvalue weighted by Gasteiger charge is 2.24. The number of carbonyl (C=O) groups excluding carboxylic acids is 2. The van der Waals surface area contributed by atoms with E-state index in [0.717, 1.165) is 57.6 Å². The average Bonchev–Trinajstić information content (AvgIpc) is 3.09. The van der Waals surface area contributed by atoms with E-state index in [1.165, 1.54) is 0 Å². The molecule has 1 atom stereocenters. The number of hydrogen-bond donors (Lipinski definition) is 0. The van der Waals surface area contributed by atoms with Crippen LogP contribution in [0, 0.1) is 0 Å². The van der Waals surface area contributed by atoms with Crippen LogP contribution in [0.1, 0.15) is 54.6 Å². The summed E-state index contributed by atoms with van der Waals surface area (Å²) in [5.74, 6) is 0.504. The molecular formula is C17H23N3O2. The van der Waals surface area contributed by atoms with Gasteiger partial charge in [-0.1, -0.05) is 0 Å². The Morgan fingerprint density at radius 1 is 1.09 bits per heavy atom. The molecule has 0 aromatic carbocycles. The maximum Gasteiger partial charge on any atom is 0.255 e. The maximum atomic E-state index is 12.3. The van der Waals surface area contributed by atoms with Crippen LogP contribution in [0.15, 0.2) is 18.3 Å². The highest BCUT2D eigenvalue weighted by Crippen LogP contribution is 2.26. The van der Waals surface area contributed by atoms with Crippen molar-refractivity contribution in [2.75, 3.05) is 26.2 Å². The van der Waals surface area contributed by atoms with E-state index in [1.54, 1.807) is 13.1 Å². The molecule has 2 fully saturated rings. The fourth-order valence-corrected chi connectivity index (χ4v) is 3.38. The first-order valence-corrected chi connectivity index (χ1v) is 8.16. The summed E-state index contributed by atoms with van der Waals surface area (Å²) in [6.45, 7) is 4.92. The molecule has 2 saturated heterocycles. The van der Waals surface area contributed by atoms with Gasteiger partial charge in [0.05, 0.1) is 5.56 Å².